The maximum absolute atomic E-state index is 9.48. The maximum Gasteiger partial charge on any atom is 0.223 e. The van der Waals surface area contributed by atoms with E-state index in [1.165, 1.54) is 0 Å². The standard InChI is InChI=1S/C20H27N7O/c1-12(2)27-11-16(17-6-7-22-20(25-17)24-9-14(4)28)18(26-27)15-8-13(3)19(21-5)23-10-15/h6-8,10-12,14,28H,9H2,1-5H3,(H,21,23)(H,22,24,25)/t14-/m0/s1. The van der Waals surface area contributed by atoms with Gasteiger partial charge in [-0.1, -0.05) is 0 Å². The van der Waals surface area contributed by atoms with E-state index in [2.05, 4.69) is 45.5 Å². The summed E-state index contributed by atoms with van der Waals surface area (Å²) in [7, 11) is 1.86. The molecule has 0 aromatic carbocycles. The predicted molar refractivity (Wildman–Crippen MR) is 111 cm³/mol. The number of aliphatic hydroxyl groups is 1. The van der Waals surface area contributed by atoms with Crippen LogP contribution in [0.3, 0.4) is 0 Å². The Bertz CT molecular complexity index is 949. The number of aliphatic hydroxyl groups excluding tert-OH is 1. The van der Waals surface area contributed by atoms with Gasteiger partial charge in [0.15, 0.2) is 0 Å². The molecule has 0 aliphatic carbocycles. The Morgan fingerprint density at radius 2 is 2.00 bits per heavy atom. The van der Waals surface area contributed by atoms with Gasteiger partial charge in [-0.05, 0) is 45.4 Å². The van der Waals surface area contributed by atoms with Crippen LogP contribution in [0.25, 0.3) is 22.5 Å². The van der Waals surface area contributed by atoms with Crippen molar-refractivity contribution in [2.75, 3.05) is 24.2 Å². The van der Waals surface area contributed by atoms with Crippen molar-refractivity contribution in [1.82, 2.24) is 24.7 Å². The van der Waals surface area contributed by atoms with E-state index in [-0.39, 0.29) is 6.04 Å². The molecule has 0 spiro atoms. The van der Waals surface area contributed by atoms with E-state index in [0.717, 1.165) is 33.9 Å². The molecule has 3 rings (SSSR count). The number of hydrogen-bond donors (Lipinski definition) is 3. The van der Waals surface area contributed by atoms with Gasteiger partial charge in [-0.2, -0.15) is 5.10 Å². The number of aryl methyl sites for hydroxylation is 1. The van der Waals surface area contributed by atoms with Crippen molar-refractivity contribution in [3.8, 4) is 22.5 Å². The summed E-state index contributed by atoms with van der Waals surface area (Å²) in [5.74, 6) is 1.32. The third-order valence-electron chi connectivity index (χ3n) is 4.34. The van der Waals surface area contributed by atoms with Crippen LogP contribution in [0.1, 0.15) is 32.4 Å². The first-order chi connectivity index (χ1) is 13.4. The van der Waals surface area contributed by atoms with E-state index in [1.54, 1.807) is 13.1 Å². The van der Waals surface area contributed by atoms with Crippen molar-refractivity contribution >= 4 is 11.8 Å². The first kappa shape index (κ1) is 19.8. The number of nitrogens with zero attached hydrogens (tertiary/aromatic N) is 5. The second-order valence-corrected chi connectivity index (χ2v) is 7.10. The number of rotatable bonds is 7. The zero-order chi connectivity index (χ0) is 20.3. The summed E-state index contributed by atoms with van der Waals surface area (Å²) in [5.41, 5.74) is 4.48. The van der Waals surface area contributed by atoms with Gasteiger partial charge in [0.1, 0.15) is 11.5 Å². The van der Waals surface area contributed by atoms with Crippen molar-refractivity contribution in [1.29, 1.82) is 0 Å². The fraction of sp³-hybridized carbons (Fsp3) is 0.400. The molecule has 0 bridgehead atoms. The molecule has 8 heteroatoms. The van der Waals surface area contributed by atoms with Crippen LogP contribution < -0.4 is 10.6 Å². The van der Waals surface area contributed by atoms with Gasteiger partial charge in [0.05, 0.1) is 11.8 Å². The molecule has 0 saturated heterocycles. The van der Waals surface area contributed by atoms with E-state index in [1.807, 2.05) is 37.1 Å². The van der Waals surface area contributed by atoms with Gasteiger partial charge in [-0.15, -0.1) is 0 Å². The molecule has 0 saturated carbocycles. The Balaban J connectivity index is 2.06. The lowest BCUT2D eigenvalue weighted by molar-refractivity contribution is 0.208. The minimum absolute atomic E-state index is 0.216. The first-order valence-corrected chi connectivity index (χ1v) is 9.38. The van der Waals surface area contributed by atoms with Gasteiger partial charge < -0.3 is 15.7 Å². The lowest BCUT2D eigenvalue weighted by Gasteiger charge is -2.09. The van der Waals surface area contributed by atoms with Crippen molar-refractivity contribution in [2.24, 2.45) is 0 Å². The van der Waals surface area contributed by atoms with Crippen molar-refractivity contribution < 1.29 is 5.11 Å². The van der Waals surface area contributed by atoms with Crippen molar-refractivity contribution in [2.45, 2.75) is 39.8 Å². The van der Waals surface area contributed by atoms with Crippen LogP contribution in [0.15, 0.2) is 30.7 Å². The predicted octanol–water partition coefficient (Wildman–Crippen LogP) is 3.13. The third-order valence-corrected chi connectivity index (χ3v) is 4.34. The SMILES string of the molecule is CNc1ncc(-c2nn(C(C)C)cc2-c2ccnc(NC[C@H](C)O)n2)cc1C. The summed E-state index contributed by atoms with van der Waals surface area (Å²) in [6.45, 7) is 8.29. The average Bonchev–Trinajstić information content (AvgIpc) is 3.12. The minimum Gasteiger partial charge on any atom is -0.392 e. The monoisotopic (exact) mass is 381 g/mol. The maximum atomic E-state index is 9.48. The van der Waals surface area contributed by atoms with Crippen LogP contribution in [0.5, 0.6) is 0 Å². The molecule has 28 heavy (non-hydrogen) atoms. The summed E-state index contributed by atoms with van der Waals surface area (Å²) in [4.78, 5) is 13.3. The second-order valence-electron chi connectivity index (χ2n) is 7.10. The highest BCUT2D eigenvalue weighted by molar-refractivity contribution is 5.79. The Kier molecular flexibility index (Phi) is 5.89. The van der Waals surface area contributed by atoms with E-state index in [4.69, 9.17) is 5.10 Å². The van der Waals surface area contributed by atoms with E-state index in [9.17, 15) is 5.11 Å². The van der Waals surface area contributed by atoms with Gasteiger partial charge >= 0.3 is 0 Å². The molecule has 0 aliphatic heterocycles. The highest BCUT2D eigenvalue weighted by Crippen LogP contribution is 2.32. The van der Waals surface area contributed by atoms with E-state index < -0.39 is 6.10 Å². The van der Waals surface area contributed by atoms with Crippen LogP contribution in [0.2, 0.25) is 0 Å². The number of hydrogen-bond acceptors (Lipinski definition) is 7. The molecule has 1 atom stereocenters. The summed E-state index contributed by atoms with van der Waals surface area (Å²) in [6, 6.07) is 4.15. The minimum atomic E-state index is -0.480. The largest absolute Gasteiger partial charge is 0.392 e. The Morgan fingerprint density at radius 1 is 1.21 bits per heavy atom. The number of pyridine rings is 1. The molecule has 0 aliphatic rings. The quantitative estimate of drug-likeness (QED) is 0.578. The van der Waals surface area contributed by atoms with E-state index in [0.29, 0.717) is 12.5 Å². The fourth-order valence-corrected chi connectivity index (χ4v) is 2.86. The van der Waals surface area contributed by atoms with Crippen LogP contribution >= 0.6 is 0 Å². The molecule has 0 fully saturated rings. The molecule has 0 unspecified atom stereocenters. The molecule has 148 valence electrons. The number of aromatic nitrogens is 5. The van der Waals surface area contributed by atoms with Gasteiger partial charge in [-0.3, -0.25) is 4.68 Å². The smallest absolute Gasteiger partial charge is 0.223 e. The van der Waals surface area contributed by atoms with Crippen LogP contribution in [0.4, 0.5) is 11.8 Å². The van der Waals surface area contributed by atoms with Crippen LogP contribution in [0, 0.1) is 6.92 Å². The molecule has 3 N–H and O–H groups in total. The lowest BCUT2D eigenvalue weighted by atomic mass is 10.1. The van der Waals surface area contributed by atoms with Crippen LogP contribution in [-0.2, 0) is 0 Å². The summed E-state index contributed by atoms with van der Waals surface area (Å²) < 4.78 is 1.93. The number of anilines is 2. The number of nitrogens with one attached hydrogen (secondary N) is 2. The molecule has 8 nitrogen and oxygen atoms in total. The first-order valence-electron chi connectivity index (χ1n) is 9.38. The molecule has 0 amide bonds. The highest BCUT2D eigenvalue weighted by atomic mass is 16.3. The summed E-state index contributed by atoms with van der Waals surface area (Å²) in [5, 5.41) is 20.4. The second kappa shape index (κ2) is 8.35. The zero-order valence-electron chi connectivity index (χ0n) is 16.9. The lowest BCUT2D eigenvalue weighted by Crippen LogP contribution is -2.16. The van der Waals surface area contributed by atoms with Gasteiger partial charge in [0, 0.05) is 49.4 Å². The fourth-order valence-electron chi connectivity index (χ4n) is 2.86. The van der Waals surface area contributed by atoms with Gasteiger partial charge in [0.25, 0.3) is 0 Å². The molecule has 3 heterocycles. The van der Waals surface area contributed by atoms with Gasteiger partial charge in [0.2, 0.25) is 5.95 Å². The topological polar surface area (TPSA) is 101 Å². The third kappa shape index (κ3) is 4.28. The van der Waals surface area contributed by atoms with Crippen molar-refractivity contribution in [3.63, 3.8) is 0 Å². The molecular formula is C20H27N7O. The van der Waals surface area contributed by atoms with Crippen LogP contribution in [-0.4, -0.2) is 49.5 Å². The Labute approximate surface area is 165 Å². The molecular weight excluding hydrogens is 354 g/mol. The highest BCUT2D eigenvalue weighted by Gasteiger charge is 2.17. The molecule has 0 radical (unpaired) electrons. The van der Waals surface area contributed by atoms with Crippen molar-refractivity contribution in [3.05, 3.63) is 36.3 Å². The Morgan fingerprint density at radius 3 is 2.64 bits per heavy atom. The Hall–Kier alpha value is -3.00. The molecule has 3 aromatic rings. The summed E-state index contributed by atoms with van der Waals surface area (Å²) in [6.07, 6.45) is 5.05. The zero-order valence-corrected chi connectivity index (χ0v) is 16.9. The average molecular weight is 381 g/mol. The molecule has 3 aromatic heterocycles. The summed E-state index contributed by atoms with van der Waals surface area (Å²) >= 11 is 0. The van der Waals surface area contributed by atoms with E-state index >= 15 is 0 Å². The van der Waals surface area contributed by atoms with Gasteiger partial charge in [-0.25, -0.2) is 15.0 Å². The normalized spacial score (nSPS) is 12.2.